The van der Waals surface area contributed by atoms with Crippen molar-refractivity contribution < 1.29 is 9.13 Å². The maximum absolute atomic E-state index is 13.5. The highest BCUT2D eigenvalue weighted by Gasteiger charge is 2.24. The molecule has 1 aliphatic rings. The molecule has 1 heterocycles. The molecule has 1 aromatic heterocycles. The third kappa shape index (κ3) is 4.22. The number of methoxy groups -OCH3 is 1. The number of thioether (sulfide) groups is 1. The summed E-state index contributed by atoms with van der Waals surface area (Å²) >= 11 is 1.62. The van der Waals surface area contributed by atoms with Gasteiger partial charge in [-0.15, -0.1) is 10.2 Å². The second-order valence-corrected chi connectivity index (χ2v) is 8.06. The molecule has 3 aromatic rings. The summed E-state index contributed by atoms with van der Waals surface area (Å²) in [5, 5.41) is 9.93. The Bertz CT molecular complexity index is 920. The Hall–Kier alpha value is -2.34. The van der Waals surface area contributed by atoms with E-state index in [0.29, 0.717) is 11.8 Å². The van der Waals surface area contributed by atoms with E-state index in [2.05, 4.69) is 14.8 Å². The number of nitrogens with zero attached hydrogens (tertiary/aromatic N) is 3. The van der Waals surface area contributed by atoms with E-state index >= 15 is 0 Å². The molecule has 1 fully saturated rings. The first-order chi connectivity index (χ1) is 13.7. The van der Waals surface area contributed by atoms with Crippen LogP contribution in [0.25, 0.3) is 11.4 Å². The van der Waals surface area contributed by atoms with Crippen molar-refractivity contribution in [3.63, 3.8) is 0 Å². The standard InChI is InChI=1S/C22H24FN3OS/c1-27-20-12-10-17(11-13-20)21-24-25-22(26(21)19-8-3-2-4-9-19)28-15-16-6-5-7-18(23)14-16/h5-7,10-14,19H,2-4,8-9,15H2,1H3. The zero-order valence-corrected chi connectivity index (χ0v) is 16.8. The van der Waals surface area contributed by atoms with E-state index in [0.717, 1.165) is 40.7 Å². The van der Waals surface area contributed by atoms with Gasteiger partial charge in [0.05, 0.1) is 7.11 Å². The van der Waals surface area contributed by atoms with E-state index in [-0.39, 0.29) is 5.82 Å². The van der Waals surface area contributed by atoms with Crippen molar-refractivity contribution in [3.8, 4) is 17.1 Å². The SMILES string of the molecule is COc1ccc(-c2nnc(SCc3cccc(F)c3)n2C2CCCCC2)cc1. The second-order valence-electron chi connectivity index (χ2n) is 7.12. The van der Waals surface area contributed by atoms with Gasteiger partial charge in [0.25, 0.3) is 0 Å². The molecule has 0 amide bonds. The third-order valence-corrected chi connectivity index (χ3v) is 6.22. The molecule has 4 nitrogen and oxygen atoms in total. The fourth-order valence-electron chi connectivity index (χ4n) is 3.76. The van der Waals surface area contributed by atoms with E-state index in [1.54, 1.807) is 31.0 Å². The molecule has 0 bridgehead atoms. The van der Waals surface area contributed by atoms with Gasteiger partial charge in [-0.3, -0.25) is 4.57 Å². The third-order valence-electron chi connectivity index (χ3n) is 5.21. The first-order valence-electron chi connectivity index (χ1n) is 9.71. The molecule has 1 saturated carbocycles. The Morgan fingerprint density at radius 3 is 2.57 bits per heavy atom. The summed E-state index contributed by atoms with van der Waals surface area (Å²) in [6, 6.07) is 15.1. The molecule has 0 N–H and O–H groups in total. The maximum Gasteiger partial charge on any atom is 0.192 e. The van der Waals surface area contributed by atoms with Crippen LogP contribution >= 0.6 is 11.8 Å². The van der Waals surface area contributed by atoms with Crippen LogP contribution in [0.4, 0.5) is 4.39 Å². The van der Waals surface area contributed by atoms with Gasteiger partial charge in [0.1, 0.15) is 11.6 Å². The first-order valence-corrected chi connectivity index (χ1v) is 10.7. The minimum absolute atomic E-state index is 0.203. The Morgan fingerprint density at radius 1 is 1.07 bits per heavy atom. The predicted molar refractivity (Wildman–Crippen MR) is 110 cm³/mol. The zero-order chi connectivity index (χ0) is 19.3. The molecule has 0 radical (unpaired) electrons. The summed E-state index contributed by atoms with van der Waals surface area (Å²) in [5.41, 5.74) is 1.99. The normalized spacial score (nSPS) is 14.9. The number of benzene rings is 2. The minimum atomic E-state index is -0.203. The summed E-state index contributed by atoms with van der Waals surface area (Å²) in [5.74, 6) is 2.20. The van der Waals surface area contributed by atoms with E-state index in [1.165, 1.54) is 25.3 Å². The van der Waals surface area contributed by atoms with Crippen LogP contribution in [-0.4, -0.2) is 21.9 Å². The molecule has 28 heavy (non-hydrogen) atoms. The number of rotatable bonds is 6. The summed E-state index contributed by atoms with van der Waals surface area (Å²) in [7, 11) is 1.67. The van der Waals surface area contributed by atoms with Gasteiger partial charge < -0.3 is 4.74 Å². The minimum Gasteiger partial charge on any atom is -0.497 e. The molecule has 2 aromatic carbocycles. The van der Waals surface area contributed by atoms with Crippen LogP contribution in [0.15, 0.2) is 53.7 Å². The molecular weight excluding hydrogens is 373 g/mol. The fraction of sp³-hybridized carbons (Fsp3) is 0.364. The largest absolute Gasteiger partial charge is 0.497 e. The van der Waals surface area contributed by atoms with Crippen LogP contribution in [0.2, 0.25) is 0 Å². The lowest BCUT2D eigenvalue weighted by Gasteiger charge is -2.25. The van der Waals surface area contributed by atoms with Gasteiger partial charge in [0.15, 0.2) is 11.0 Å². The summed E-state index contributed by atoms with van der Waals surface area (Å²) in [6.07, 6.45) is 6.06. The van der Waals surface area contributed by atoms with Crippen LogP contribution in [0.3, 0.4) is 0 Å². The molecule has 1 aliphatic carbocycles. The number of aromatic nitrogens is 3. The van der Waals surface area contributed by atoms with Crippen molar-refractivity contribution in [1.29, 1.82) is 0 Å². The van der Waals surface area contributed by atoms with E-state index < -0.39 is 0 Å². The number of ether oxygens (including phenoxy) is 1. The molecule has 0 unspecified atom stereocenters. The van der Waals surface area contributed by atoms with Crippen molar-refractivity contribution in [2.45, 2.75) is 49.1 Å². The second kappa shape index (κ2) is 8.78. The highest BCUT2D eigenvalue weighted by atomic mass is 32.2. The van der Waals surface area contributed by atoms with E-state index in [9.17, 15) is 4.39 Å². The summed E-state index contributed by atoms with van der Waals surface area (Å²) in [6.45, 7) is 0. The average molecular weight is 398 g/mol. The molecule has 146 valence electrons. The summed E-state index contributed by atoms with van der Waals surface area (Å²) in [4.78, 5) is 0. The van der Waals surface area contributed by atoms with Crippen molar-refractivity contribution in [3.05, 3.63) is 59.9 Å². The highest BCUT2D eigenvalue weighted by Crippen LogP contribution is 2.36. The van der Waals surface area contributed by atoms with Crippen molar-refractivity contribution in [1.82, 2.24) is 14.8 Å². The van der Waals surface area contributed by atoms with Gasteiger partial charge in [-0.25, -0.2) is 4.39 Å². The topological polar surface area (TPSA) is 39.9 Å². The van der Waals surface area contributed by atoms with Crippen molar-refractivity contribution >= 4 is 11.8 Å². The monoisotopic (exact) mass is 397 g/mol. The fourth-order valence-corrected chi connectivity index (χ4v) is 4.70. The van der Waals surface area contributed by atoms with Crippen LogP contribution < -0.4 is 4.74 Å². The van der Waals surface area contributed by atoms with Gasteiger partial charge in [0, 0.05) is 17.4 Å². The molecule has 0 saturated heterocycles. The van der Waals surface area contributed by atoms with Gasteiger partial charge in [-0.1, -0.05) is 43.2 Å². The first kappa shape index (κ1) is 19.0. The predicted octanol–water partition coefficient (Wildman–Crippen LogP) is 5.89. The number of hydrogen-bond donors (Lipinski definition) is 0. The highest BCUT2D eigenvalue weighted by molar-refractivity contribution is 7.98. The van der Waals surface area contributed by atoms with E-state index in [1.807, 2.05) is 30.3 Å². The molecule has 6 heteroatoms. The smallest absolute Gasteiger partial charge is 0.192 e. The molecule has 0 aliphatic heterocycles. The van der Waals surface area contributed by atoms with Crippen molar-refractivity contribution in [2.24, 2.45) is 0 Å². The Morgan fingerprint density at radius 2 is 1.86 bits per heavy atom. The molecular formula is C22H24FN3OS. The maximum atomic E-state index is 13.5. The van der Waals surface area contributed by atoms with Crippen LogP contribution in [0.5, 0.6) is 5.75 Å². The van der Waals surface area contributed by atoms with Gasteiger partial charge in [0.2, 0.25) is 0 Å². The van der Waals surface area contributed by atoms with Gasteiger partial charge in [-0.05, 0) is 54.8 Å². The Labute approximate surface area is 169 Å². The quantitative estimate of drug-likeness (QED) is 0.486. The Kier molecular flexibility index (Phi) is 5.95. The molecule has 4 rings (SSSR count). The zero-order valence-electron chi connectivity index (χ0n) is 16.0. The molecule has 0 atom stereocenters. The van der Waals surface area contributed by atoms with Crippen LogP contribution in [-0.2, 0) is 5.75 Å². The molecule has 0 spiro atoms. The lowest BCUT2D eigenvalue weighted by Crippen LogP contribution is -2.15. The number of halogens is 1. The van der Waals surface area contributed by atoms with Crippen LogP contribution in [0.1, 0.15) is 43.7 Å². The number of hydrogen-bond acceptors (Lipinski definition) is 4. The lowest BCUT2D eigenvalue weighted by atomic mass is 9.95. The van der Waals surface area contributed by atoms with Crippen LogP contribution in [0, 0.1) is 5.82 Å². The van der Waals surface area contributed by atoms with Crippen molar-refractivity contribution in [2.75, 3.05) is 7.11 Å². The summed E-state index contributed by atoms with van der Waals surface area (Å²) < 4.78 is 21.1. The van der Waals surface area contributed by atoms with Gasteiger partial charge in [-0.2, -0.15) is 0 Å². The van der Waals surface area contributed by atoms with Gasteiger partial charge >= 0.3 is 0 Å². The Balaban J connectivity index is 1.64. The van der Waals surface area contributed by atoms with E-state index in [4.69, 9.17) is 4.74 Å². The average Bonchev–Trinajstić information content (AvgIpc) is 3.17. The lowest BCUT2D eigenvalue weighted by molar-refractivity contribution is 0.339.